The number of benzene rings is 1. The molecule has 1 atom stereocenters. The molecule has 2 rings (SSSR count). The third kappa shape index (κ3) is 2.71. The van der Waals surface area contributed by atoms with E-state index in [0.717, 1.165) is 6.08 Å². The van der Waals surface area contributed by atoms with Gasteiger partial charge in [-0.3, -0.25) is 0 Å². The molecule has 3 nitrogen and oxygen atoms in total. The minimum atomic E-state index is -4.82. The lowest BCUT2D eigenvalue weighted by atomic mass is 10.0. The molecule has 1 aliphatic rings. The van der Waals surface area contributed by atoms with E-state index < -0.39 is 23.8 Å². The molecule has 8 heteroatoms. The van der Waals surface area contributed by atoms with Crippen molar-refractivity contribution >= 4 is 39.6 Å². The smallest absolute Gasteiger partial charge is 0.430 e. The quantitative estimate of drug-likeness (QED) is 0.829. The Morgan fingerprint density at radius 3 is 2.58 bits per heavy atom. The summed E-state index contributed by atoms with van der Waals surface area (Å²) in [6.07, 6.45) is -6.41. The van der Waals surface area contributed by atoms with Crippen molar-refractivity contribution in [3.8, 4) is 5.75 Å². The molecule has 1 heterocycles. The summed E-state index contributed by atoms with van der Waals surface area (Å²) >= 11 is 8.78. The number of alkyl halides is 3. The molecule has 0 saturated heterocycles. The van der Waals surface area contributed by atoms with Gasteiger partial charge in [-0.1, -0.05) is 11.6 Å². The first-order chi connectivity index (χ1) is 8.70. The zero-order valence-corrected chi connectivity index (χ0v) is 11.3. The zero-order chi connectivity index (χ0) is 14.4. The number of aliphatic carboxylic acids is 1. The van der Waals surface area contributed by atoms with E-state index in [1.807, 2.05) is 0 Å². The SMILES string of the molecule is O=C(O)C1=Cc2cc(Cl)cc(Br)c2O[C@@H]1C(F)(F)F. The van der Waals surface area contributed by atoms with Gasteiger partial charge >= 0.3 is 12.1 Å². The van der Waals surface area contributed by atoms with Gasteiger partial charge in [0, 0.05) is 10.6 Å². The van der Waals surface area contributed by atoms with Crippen LogP contribution in [0, 0.1) is 0 Å². The van der Waals surface area contributed by atoms with Crippen LogP contribution in [0.15, 0.2) is 22.2 Å². The Hall–Kier alpha value is -1.21. The van der Waals surface area contributed by atoms with Crippen molar-refractivity contribution in [1.82, 2.24) is 0 Å². The molecule has 1 N–H and O–H groups in total. The summed E-state index contributed by atoms with van der Waals surface area (Å²) in [5, 5.41) is 9.09. The van der Waals surface area contributed by atoms with Gasteiger partial charge in [0.1, 0.15) is 5.75 Å². The predicted octanol–water partition coefficient (Wildman–Crippen LogP) is 3.89. The van der Waals surface area contributed by atoms with Gasteiger partial charge in [-0.05, 0) is 34.1 Å². The van der Waals surface area contributed by atoms with Crippen LogP contribution in [0.3, 0.4) is 0 Å². The summed E-state index contributed by atoms with van der Waals surface area (Å²) in [6.45, 7) is 0. The lowest BCUT2D eigenvalue weighted by molar-refractivity contribution is -0.187. The average molecular weight is 358 g/mol. The van der Waals surface area contributed by atoms with Gasteiger partial charge in [0.05, 0.1) is 10.0 Å². The first-order valence-electron chi connectivity index (χ1n) is 4.87. The maximum absolute atomic E-state index is 12.8. The molecule has 0 radical (unpaired) electrons. The van der Waals surface area contributed by atoms with Crippen LogP contribution in [-0.2, 0) is 4.79 Å². The van der Waals surface area contributed by atoms with E-state index in [0.29, 0.717) is 0 Å². The highest BCUT2D eigenvalue weighted by Crippen LogP contribution is 2.42. The summed E-state index contributed by atoms with van der Waals surface area (Å²) in [6, 6.07) is 2.70. The van der Waals surface area contributed by atoms with E-state index in [1.165, 1.54) is 12.1 Å². The molecule has 102 valence electrons. The lowest BCUT2D eigenvalue weighted by Gasteiger charge is -2.27. The summed E-state index contributed by atoms with van der Waals surface area (Å²) in [5.74, 6) is -1.78. The van der Waals surface area contributed by atoms with E-state index in [9.17, 15) is 18.0 Å². The molecule has 0 bridgehead atoms. The number of carboxylic acid groups (broad SMARTS) is 1. The van der Waals surface area contributed by atoms with Gasteiger partial charge in [0.2, 0.25) is 6.10 Å². The number of hydrogen-bond donors (Lipinski definition) is 1. The van der Waals surface area contributed by atoms with Crippen LogP contribution < -0.4 is 4.74 Å². The number of carbonyl (C=O) groups is 1. The van der Waals surface area contributed by atoms with Gasteiger partial charge in [-0.15, -0.1) is 0 Å². The Balaban J connectivity index is 2.61. The second-order valence-electron chi connectivity index (χ2n) is 3.75. The third-order valence-corrected chi connectivity index (χ3v) is 3.22. The molecule has 1 aromatic carbocycles. The zero-order valence-electron chi connectivity index (χ0n) is 8.96. The van der Waals surface area contributed by atoms with Gasteiger partial charge in [-0.25, -0.2) is 4.79 Å². The maximum atomic E-state index is 12.8. The Kier molecular flexibility index (Phi) is 3.53. The highest BCUT2D eigenvalue weighted by Gasteiger charge is 2.48. The number of hydrogen-bond acceptors (Lipinski definition) is 2. The number of halogens is 5. The fourth-order valence-corrected chi connectivity index (χ4v) is 2.58. The summed E-state index contributed by atoms with van der Waals surface area (Å²) in [4.78, 5) is 10.9. The van der Waals surface area contributed by atoms with Crippen LogP contribution in [0.1, 0.15) is 5.56 Å². The highest BCUT2D eigenvalue weighted by molar-refractivity contribution is 9.10. The lowest BCUT2D eigenvalue weighted by Crippen LogP contribution is -2.40. The average Bonchev–Trinajstić information content (AvgIpc) is 2.25. The molecule has 0 saturated carbocycles. The molecule has 0 aliphatic carbocycles. The van der Waals surface area contributed by atoms with Gasteiger partial charge in [-0.2, -0.15) is 13.2 Å². The minimum absolute atomic E-state index is 0.0864. The largest absolute Gasteiger partial charge is 0.478 e. The van der Waals surface area contributed by atoms with Crippen molar-refractivity contribution in [1.29, 1.82) is 0 Å². The fraction of sp³-hybridized carbons (Fsp3) is 0.182. The maximum Gasteiger partial charge on any atom is 0.430 e. The molecule has 0 fully saturated rings. The number of carboxylic acids is 1. The van der Waals surface area contributed by atoms with Gasteiger partial charge in [0.15, 0.2) is 0 Å². The Morgan fingerprint density at radius 2 is 2.05 bits per heavy atom. The van der Waals surface area contributed by atoms with Crippen LogP contribution in [0.2, 0.25) is 5.02 Å². The molecular formula is C11H5BrClF3O3. The number of rotatable bonds is 1. The van der Waals surface area contributed by atoms with Crippen LogP contribution in [0.5, 0.6) is 5.75 Å². The van der Waals surface area contributed by atoms with Crippen molar-refractivity contribution in [3.63, 3.8) is 0 Å². The molecule has 19 heavy (non-hydrogen) atoms. The van der Waals surface area contributed by atoms with Crippen molar-refractivity contribution in [2.75, 3.05) is 0 Å². The first kappa shape index (κ1) is 14.2. The van der Waals surface area contributed by atoms with Crippen LogP contribution in [0.4, 0.5) is 13.2 Å². The first-order valence-corrected chi connectivity index (χ1v) is 6.04. The topological polar surface area (TPSA) is 46.5 Å². The Labute approximate surface area is 118 Å². The van der Waals surface area contributed by atoms with Gasteiger partial charge in [0.25, 0.3) is 0 Å². The highest BCUT2D eigenvalue weighted by atomic mass is 79.9. The Bertz CT molecular complexity index is 583. The van der Waals surface area contributed by atoms with Crippen molar-refractivity contribution in [2.45, 2.75) is 12.3 Å². The standard InChI is InChI=1S/C11H5BrClF3O3/c12-7-3-5(13)1-4-2-6(10(17)18)9(11(14,15)16)19-8(4)7/h1-3,9H,(H,17,18)/t9-/m0/s1. The van der Waals surface area contributed by atoms with Crippen LogP contribution in [0.25, 0.3) is 6.08 Å². The Morgan fingerprint density at radius 1 is 1.42 bits per heavy atom. The van der Waals surface area contributed by atoms with Gasteiger partial charge < -0.3 is 9.84 Å². The van der Waals surface area contributed by atoms with Crippen LogP contribution >= 0.6 is 27.5 Å². The third-order valence-electron chi connectivity index (χ3n) is 2.41. The second kappa shape index (κ2) is 4.72. The second-order valence-corrected chi connectivity index (χ2v) is 5.04. The fourth-order valence-electron chi connectivity index (χ4n) is 1.65. The number of fused-ring (bicyclic) bond motifs is 1. The van der Waals surface area contributed by atoms with Crippen molar-refractivity contribution in [2.24, 2.45) is 0 Å². The molecule has 0 spiro atoms. The molecule has 0 aromatic heterocycles. The summed E-state index contributed by atoms with van der Waals surface area (Å²) < 4.78 is 43.4. The van der Waals surface area contributed by atoms with E-state index in [4.69, 9.17) is 21.4 Å². The van der Waals surface area contributed by atoms with E-state index in [-0.39, 0.29) is 20.8 Å². The number of ether oxygens (including phenoxy) is 1. The van der Waals surface area contributed by atoms with E-state index in [2.05, 4.69) is 15.9 Å². The van der Waals surface area contributed by atoms with Crippen LogP contribution in [-0.4, -0.2) is 23.4 Å². The molecule has 1 aliphatic heterocycles. The molecule has 0 amide bonds. The van der Waals surface area contributed by atoms with Crippen molar-refractivity contribution in [3.05, 3.63) is 32.8 Å². The summed E-state index contributed by atoms with van der Waals surface area (Å²) in [5.41, 5.74) is -0.702. The molecule has 0 unspecified atom stereocenters. The minimum Gasteiger partial charge on any atom is -0.478 e. The van der Waals surface area contributed by atoms with E-state index >= 15 is 0 Å². The predicted molar refractivity (Wildman–Crippen MR) is 65.2 cm³/mol. The molecular weight excluding hydrogens is 352 g/mol. The monoisotopic (exact) mass is 356 g/mol. The normalized spacial score (nSPS) is 18.4. The molecule has 1 aromatic rings. The van der Waals surface area contributed by atoms with Crippen molar-refractivity contribution < 1.29 is 27.8 Å². The van der Waals surface area contributed by atoms with E-state index in [1.54, 1.807) is 0 Å². The summed E-state index contributed by atoms with van der Waals surface area (Å²) in [7, 11) is 0.